The van der Waals surface area contributed by atoms with Crippen LogP contribution in [0.2, 0.25) is 0 Å². The fourth-order valence-corrected chi connectivity index (χ4v) is 1.63. The Labute approximate surface area is 103 Å². The van der Waals surface area contributed by atoms with Crippen LogP contribution in [0.15, 0.2) is 30.3 Å². The van der Waals surface area contributed by atoms with Gasteiger partial charge in [-0.3, -0.25) is 4.79 Å². The predicted molar refractivity (Wildman–Crippen MR) is 68.7 cm³/mol. The van der Waals surface area contributed by atoms with Gasteiger partial charge in [0.05, 0.1) is 12.6 Å². The zero-order valence-electron chi connectivity index (χ0n) is 10.6. The van der Waals surface area contributed by atoms with Gasteiger partial charge in [0, 0.05) is 13.5 Å². The smallest absolute Gasteiger partial charge is 0.222 e. The summed E-state index contributed by atoms with van der Waals surface area (Å²) in [6, 6.07) is 10.1. The van der Waals surface area contributed by atoms with E-state index in [9.17, 15) is 4.79 Å². The molecule has 1 N–H and O–H groups in total. The molecule has 0 aliphatic rings. The first-order valence-corrected chi connectivity index (χ1v) is 6.05. The molecule has 0 aliphatic carbocycles. The van der Waals surface area contributed by atoms with E-state index in [1.807, 2.05) is 25.1 Å². The number of aliphatic hydroxyl groups excluding tert-OH is 1. The number of aryl methyl sites for hydroxylation is 1. The van der Waals surface area contributed by atoms with Gasteiger partial charge in [-0.1, -0.05) is 30.3 Å². The largest absolute Gasteiger partial charge is 0.394 e. The minimum atomic E-state index is -0.0979. The van der Waals surface area contributed by atoms with E-state index in [4.69, 9.17) is 5.11 Å². The summed E-state index contributed by atoms with van der Waals surface area (Å²) in [6.45, 7) is 1.86. The van der Waals surface area contributed by atoms with Crippen molar-refractivity contribution < 1.29 is 9.90 Å². The van der Waals surface area contributed by atoms with E-state index in [2.05, 4.69) is 12.1 Å². The molecule has 1 aromatic carbocycles. The van der Waals surface area contributed by atoms with Crippen molar-refractivity contribution in [3.63, 3.8) is 0 Å². The van der Waals surface area contributed by atoms with Crippen LogP contribution in [-0.4, -0.2) is 35.6 Å². The number of hydrogen-bond donors (Lipinski definition) is 1. The summed E-state index contributed by atoms with van der Waals surface area (Å²) < 4.78 is 0. The molecule has 1 aromatic rings. The number of benzene rings is 1. The number of likely N-dealkylation sites (N-methyl/N-ethyl adjacent to an activating group) is 1. The first-order valence-electron chi connectivity index (χ1n) is 6.05. The fourth-order valence-electron chi connectivity index (χ4n) is 1.63. The van der Waals surface area contributed by atoms with E-state index < -0.39 is 0 Å². The van der Waals surface area contributed by atoms with Crippen LogP contribution in [0.5, 0.6) is 0 Å². The van der Waals surface area contributed by atoms with Gasteiger partial charge in [0.15, 0.2) is 0 Å². The maximum Gasteiger partial charge on any atom is 0.222 e. The summed E-state index contributed by atoms with van der Waals surface area (Å²) in [5.74, 6) is 0.0995. The maximum absolute atomic E-state index is 11.7. The summed E-state index contributed by atoms with van der Waals surface area (Å²) in [5.41, 5.74) is 1.26. The van der Waals surface area contributed by atoms with E-state index in [-0.39, 0.29) is 18.6 Å². The van der Waals surface area contributed by atoms with Crippen LogP contribution < -0.4 is 0 Å². The third-order valence-corrected chi connectivity index (χ3v) is 3.02. The lowest BCUT2D eigenvalue weighted by molar-refractivity contribution is -0.132. The van der Waals surface area contributed by atoms with Gasteiger partial charge >= 0.3 is 0 Å². The molecule has 0 bridgehead atoms. The van der Waals surface area contributed by atoms with Gasteiger partial charge < -0.3 is 10.0 Å². The zero-order valence-corrected chi connectivity index (χ0v) is 10.6. The number of amides is 1. The Balaban J connectivity index is 2.29. The van der Waals surface area contributed by atoms with Crippen molar-refractivity contribution in [1.29, 1.82) is 0 Å². The average molecular weight is 235 g/mol. The summed E-state index contributed by atoms with van der Waals surface area (Å²) in [4.78, 5) is 13.4. The summed E-state index contributed by atoms with van der Waals surface area (Å²) >= 11 is 0. The van der Waals surface area contributed by atoms with Crippen molar-refractivity contribution in [3.05, 3.63) is 35.9 Å². The Bertz CT molecular complexity index is 337. The Morgan fingerprint density at radius 2 is 2.00 bits per heavy atom. The highest BCUT2D eigenvalue weighted by molar-refractivity contribution is 5.76. The fraction of sp³-hybridized carbons (Fsp3) is 0.500. The van der Waals surface area contributed by atoms with Gasteiger partial charge in [0.1, 0.15) is 0 Å². The molecule has 0 aromatic heterocycles. The van der Waals surface area contributed by atoms with Crippen LogP contribution in [0.25, 0.3) is 0 Å². The maximum atomic E-state index is 11.7. The van der Waals surface area contributed by atoms with Gasteiger partial charge in [-0.15, -0.1) is 0 Å². The SMILES string of the molecule is CC(CO)N(C)C(=O)CCCc1ccccc1. The van der Waals surface area contributed by atoms with E-state index in [0.29, 0.717) is 6.42 Å². The second kappa shape index (κ2) is 7.07. The standard InChI is InChI=1S/C14H21NO2/c1-12(11-16)15(2)14(17)10-6-9-13-7-4-3-5-8-13/h3-5,7-8,12,16H,6,9-11H2,1-2H3. The first kappa shape index (κ1) is 13.7. The molecule has 0 radical (unpaired) electrons. The number of nitrogens with zero attached hydrogens (tertiary/aromatic N) is 1. The molecular weight excluding hydrogens is 214 g/mol. The third kappa shape index (κ3) is 4.57. The van der Waals surface area contributed by atoms with E-state index in [1.165, 1.54) is 5.56 Å². The Hall–Kier alpha value is -1.35. The molecule has 0 aliphatic heterocycles. The Morgan fingerprint density at radius 3 is 2.59 bits per heavy atom. The van der Waals surface area contributed by atoms with Crippen LogP contribution in [-0.2, 0) is 11.2 Å². The van der Waals surface area contributed by atoms with Crippen molar-refractivity contribution in [2.24, 2.45) is 0 Å². The number of carbonyl (C=O) groups excluding carboxylic acids is 1. The van der Waals surface area contributed by atoms with Gasteiger partial charge in [-0.05, 0) is 25.3 Å². The lowest BCUT2D eigenvalue weighted by Gasteiger charge is -2.23. The molecule has 1 atom stereocenters. The van der Waals surface area contributed by atoms with E-state index >= 15 is 0 Å². The molecule has 0 saturated heterocycles. The van der Waals surface area contributed by atoms with Gasteiger partial charge in [0.25, 0.3) is 0 Å². The van der Waals surface area contributed by atoms with Crippen molar-refractivity contribution in [2.75, 3.05) is 13.7 Å². The Morgan fingerprint density at radius 1 is 1.35 bits per heavy atom. The normalized spacial score (nSPS) is 12.2. The molecule has 0 saturated carbocycles. The van der Waals surface area contributed by atoms with Gasteiger partial charge in [0.2, 0.25) is 5.91 Å². The quantitative estimate of drug-likeness (QED) is 0.817. The van der Waals surface area contributed by atoms with Crippen molar-refractivity contribution in [2.45, 2.75) is 32.2 Å². The average Bonchev–Trinajstić information content (AvgIpc) is 2.38. The summed E-state index contributed by atoms with van der Waals surface area (Å²) in [6.07, 6.45) is 2.31. The third-order valence-electron chi connectivity index (χ3n) is 3.02. The highest BCUT2D eigenvalue weighted by Gasteiger charge is 2.13. The highest BCUT2D eigenvalue weighted by atomic mass is 16.3. The van der Waals surface area contributed by atoms with E-state index in [0.717, 1.165) is 12.8 Å². The lowest BCUT2D eigenvalue weighted by atomic mass is 10.1. The van der Waals surface area contributed by atoms with Crippen molar-refractivity contribution >= 4 is 5.91 Å². The topological polar surface area (TPSA) is 40.5 Å². The monoisotopic (exact) mass is 235 g/mol. The van der Waals surface area contributed by atoms with Crippen LogP contribution in [0.1, 0.15) is 25.3 Å². The molecule has 17 heavy (non-hydrogen) atoms. The van der Waals surface area contributed by atoms with Crippen molar-refractivity contribution in [1.82, 2.24) is 4.90 Å². The Kier molecular flexibility index (Phi) is 5.70. The number of carbonyl (C=O) groups is 1. The van der Waals surface area contributed by atoms with Gasteiger partial charge in [-0.25, -0.2) is 0 Å². The molecule has 0 fully saturated rings. The van der Waals surface area contributed by atoms with E-state index in [1.54, 1.807) is 11.9 Å². The second-order valence-corrected chi connectivity index (χ2v) is 4.38. The highest BCUT2D eigenvalue weighted by Crippen LogP contribution is 2.07. The molecule has 3 heteroatoms. The molecule has 0 spiro atoms. The minimum Gasteiger partial charge on any atom is -0.394 e. The molecular formula is C14H21NO2. The minimum absolute atomic E-state index is 0.0148. The molecule has 3 nitrogen and oxygen atoms in total. The summed E-state index contributed by atoms with van der Waals surface area (Å²) in [5, 5.41) is 8.96. The van der Waals surface area contributed by atoms with Crippen molar-refractivity contribution in [3.8, 4) is 0 Å². The van der Waals surface area contributed by atoms with Crippen LogP contribution in [0.4, 0.5) is 0 Å². The van der Waals surface area contributed by atoms with Crippen LogP contribution in [0.3, 0.4) is 0 Å². The molecule has 1 rings (SSSR count). The summed E-state index contributed by atoms with van der Waals surface area (Å²) in [7, 11) is 1.74. The molecule has 94 valence electrons. The van der Waals surface area contributed by atoms with Crippen LogP contribution >= 0.6 is 0 Å². The molecule has 1 unspecified atom stereocenters. The first-order chi connectivity index (χ1) is 8.15. The zero-order chi connectivity index (χ0) is 12.7. The number of rotatable bonds is 6. The number of aliphatic hydroxyl groups is 1. The molecule has 0 heterocycles. The van der Waals surface area contributed by atoms with Crippen LogP contribution in [0, 0.1) is 0 Å². The van der Waals surface area contributed by atoms with Gasteiger partial charge in [-0.2, -0.15) is 0 Å². The lowest BCUT2D eigenvalue weighted by Crippen LogP contribution is -2.37. The second-order valence-electron chi connectivity index (χ2n) is 4.38. The molecule has 1 amide bonds. The predicted octanol–water partition coefficient (Wildman–Crippen LogP) is 1.85. The number of hydrogen-bond acceptors (Lipinski definition) is 2.